The number of pyridine rings is 1. The van der Waals surface area contributed by atoms with Crippen LogP contribution in [0.15, 0.2) is 29.4 Å². The number of aromatic nitrogens is 1. The van der Waals surface area contributed by atoms with Crippen molar-refractivity contribution in [2.75, 3.05) is 26.9 Å². The van der Waals surface area contributed by atoms with Crippen LogP contribution in [0, 0.1) is 0 Å². The van der Waals surface area contributed by atoms with Crippen molar-refractivity contribution in [3.8, 4) is 0 Å². The van der Waals surface area contributed by atoms with Gasteiger partial charge in [0.1, 0.15) is 0 Å². The fourth-order valence-electron chi connectivity index (χ4n) is 2.05. The lowest BCUT2D eigenvalue weighted by Gasteiger charge is -2.26. The first-order chi connectivity index (χ1) is 10.2. The molecule has 0 N–H and O–H groups in total. The molecule has 0 unspecified atom stereocenters. The third-order valence-electron chi connectivity index (χ3n) is 3.07. The number of rotatable bonds is 10. The van der Waals surface area contributed by atoms with Gasteiger partial charge in [-0.2, -0.15) is 0 Å². The molecule has 0 radical (unpaired) electrons. The van der Waals surface area contributed by atoms with Gasteiger partial charge >= 0.3 is 8.80 Å². The molecule has 1 aromatic rings. The van der Waals surface area contributed by atoms with Crippen molar-refractivity contribution in [3.63, 3.8) is 0 Å². The van der Waals surface area contributed by atoms with Gasteiger partial charge in [-0.05, 0) is 39.3 Å². The molecule has 0 fully saturated rings. The van der Waals surface area contributed by atoms with Crippen molar-refractivity contribution in [1.82, 2.24) is 4.98 Å². The summed E-state index contributed by atoms with van der Waals surface area (Å²) in [5.74, 6) is 0. The molecule has 6 heteroatoms. The number of nitrogens with zero attached hydrogens (tertiary/aromatic N) is 2. The summed E-state index contributed by atoms with van der Waals surface area (Å²) in [7, 11) is -0.839. The molecule has 0 aromatic carbocycles. The SMILES string of the molecule is CCO[Si](CCC/N=C(/C)c1ccccn1)(OC)OCC. The van der Waals surface area contributed by atoms with Gasteiger partial charge < -0.3 is 13.3 Å². The summed E-state index contributed by atoms with van der Waals surface area (Å²) < 4.78 is 17.0. The maximum Gasteiger partial charge on any atom is 0.500 e. The topological polar surface area (TPSA) is 52.9 Å². The van der Waals surface area contributed by atoms with Crippen LogP contribution in [0.4, 0.5) is 0 Å². The van der Waals surface area contributed by atoms with Crippen molar-refractivity contribution in [1.29, 1.82) is 0 Å². The lowest BCUT2D eigenvalue weighted by atomic mass is 10.2. The smallest absolute Gasteiger partial charge is 0.377 e. The summed E-state index contributed by atoms with van der Waals surface area (Å²) in [6, 6.07) is 6.62. The Bertz CT molecular complexity index is 420. The van der Waals surface area contributed by atoms with E-state index >= 15 is 0 Å². The molecule has 5 nitrogen and oxygen atoms in total. The molecule has 0 amide bonds. The van der Waals surface area contributed by atoms with Crippen LogP contribution in [0.5, 0.6) is 0 Å². The Balaban J connectivity index is 2.50. The molecule has 0 bridgehead atoms. The van der Waals surface area contributed by atoms with Crippen LogP contribution in [0.3, 0.4) is 0 Å². The van der Waals surface area contributed by atoms with Crippen LogP contribution in [0.25, 0.3) is 0 Å². The summed E-state index contributed by atoms with van der Waals surface area (Å²) in [5.41, 5.74) is 1.87. The molecular formula is C15H26N2O3Si. The van der Waals surface area contributed by atoms with Crippen molar-refractivity contribution < 1.29 is 13.3 Å². The van der Waals surface area contributed by atoms with Gasteiger partial charge in [0.15, 0.2) is 0 Å². The highest BCUT2D eigenvalue weighted by molar-refractivity contribution is 6.60. The molecule has 0 atom stereocenters. The van der Waals surface area contributed by atoms with Crippen molar-refractivity contribution in [2.24, 2.45) is 4.99 Å². The van der Waals surface area contributed by atoms with Gasteiger partial charge in [0.25, 0.3) is 0 Å². The second-order valence-corrected chi connectivity index (χ2v) is 7.39. The van der Waals surface area contributed by atoms with E-state index in [1.807, 2.05) is 39.0 Å². The Morgan fingerprint density at radius 3 is 2.48 bits per heavy atom. The third kappa shape index (κ3) is 6.05. The first-order valence-electron chi connectivity index (χ1n) is 7.43. The zero-order valence-electron chi connectivity index (χ0n) is 13.5. The lowest BCUT2D eigenvalue weighted by Crippen LogP contribution is -2.45. The van der Waals surface area contributed by atoms with Gasteiger partial charge in [0.2, 0.25) is 0 Å². The average Bonchev–Trinajstić information content (AvgIpc) is 2.52. The number of hydrogen-bond acceptors (Lipinski definition) is 5. The molecule has 1 rings (SSSR count). The Labute approximate surface area is 128 Å². The first-order valence-corrected chi connectivity index (χ1v) is 9.36. The van der Waals surface area contributed by atoms with E-state index in [-0.39, 0.29) is 0 Å². The van der Waals surface area contributed by atoms with Crippen LogP contribution < -0.4 is 0 Å². The number of hydrogen-bond donors (Lipinski definition) is 0. The molecule has 21 heavy (non-hydrogen) atoms. The van der Waals surface area contributed by atoms with E-state index in [0.717, 1.165) is 30.4 Å². The second-order valence-electron chi connectivity index (χ2n) is 4.54. The molecule has 1 aromatic heterocycles. The van der Waals surface area contributed by atoms with Gasteiger partial charge in [-0.1, -0.05) is 6.07 Å². The Morgan fingerprint density at radius 1 is 1.24 bits per heavy atom. The standard InChI is InChI=1S/C15H26N2O3Si/c1-5-19-21(18-4,20-6-2)13-9-12-16-14(3)15-10-7-8-11-17-15/h7-8,10-11H,5-6,9,12-13H2,1-4H3/b16-14-. The summed E-state index contributed by atoms with van der Waals surface area (Å²) >= 11 is 0. The van der Waals surface area contributed by atoms with E-state index in [4.69, 9.17) is 13.3 Å². The van der Waals surface area contributed by atoms with Gasteiger partial charge in [-0.3, -0.25) is 9.98 Å². The largest absolute Gasteiger partial charge is 0.500 e. The summed E-state index contributed by atoms with van der Waals surface area (Å²) in [6.45, 7) is 7.84. The van der Waals surface area contributed by atoms with Crippen LogP contribution >= 0.6 is 0 Å². The van der Waals surface area contributed by atoms with Gasteiger partial charge in [-0.25, -0.2) is 0 Å². The quantitative estimate of drug-likeness (QED) is 0.379. The van der Waals surface area contributed by atoms with E-state index in [9.17, 15) is 0 Å². The Morgan fingerprint density at radius 2 is 1.95 bits per heavy atom. The molecule has 0 saturated carbocycles. The molecule has 0 aliphatic carbocycles. The highest BCUT2D eigenvalue weighted by Gasteiger charge is 2.38. The predicted octanol–water partition coefficient (Wildman–Crippen LogP) is 2.94. The molecule has 0 aliphatic rings. The normalized spacial score (nSPS) is 12.7. The van der Waals surface area contributed by atoms with Crippen LogP contribution in [0.2, 0.25) is 6.04 Å². The zero-order chi connectivity index (χ0) is 15.6. The van der Waals surface area contributed by atoms with E-state index in [0.29, 0.717) is 13.2 Å². The molecule has 0 aliphatic heterocycles. The van der Waals surface area contributed by atoms with Crippen LogP contribution in [-0.2, 0) is 13.3 Å². The minimum absolute atomic E-state index is 0.607. The maximum atomic E-state index is 5.74. The summed E-state index contributed by atoms with van der Waals surface area (Å²) in [6.07, 6.45) is 2.66. The predicted molar refractivity (Wildman–Crippen MR) is 86.8 cm³/mol. The van der Waals surface area contributed by atoms with E-state index in [2.05, 4.69) is 9.98 Å². The molecule has 0 saturated heterocycles. The van der Waals surface area contributed by atoms with Crippen molar-refractivity contribution in [3.05, 3.63) is 30.1 Å². The molecular weight excluding hydrogens is 284 g/mol. The summed E-state index contributed by atoms with van der Waals surface area (Å²) in [5, 5.41) is 0. The lowest BCUT2D eigenvalue weighted by molar-refractivity contribution is 0.0863. The van der Waals surface area contributed by atoms with Crippen LogP contribution in [0.1, 0.15) is 32.9 Å². The second kappa shape index (κ2) is 9.78. The van der Waals surface area contributed by atoms with Gasteiger partial charge in [0.05, 0.1) is 11.4 Å². The minimum Gasteiger partial charge on any atom is -0.377 e. The number of aliphatic imine (C=N–C) groups is 1. The van der Waals surface area contributed by atoms with Crippen LogP contribution in [-0.4, -0.2) is 46.4 Å². The van der Waals surface area contributed by atoms with Gasteiger partial charge in [0, 0.05) is 39.1 Å². The summed E-state index contributed by atoms with van der Waals surface area (Å²) in [4.78, 5) is 8.85. The minimum atomic E-state index is -2.51. The molecule has 0 spiro atoms. The van der Waals surface area contributed by atoms with E-state index < -0.39 is 8.80 Å². The first kappa shape index (κ1) is 18.0. The monoisotopic (exact) mass is 310 g/mol. The highest BCUT2D eigenvalue weighted by Crippen LogP contribution is 2.17. The van der Waals surface area contributed by atoms with Gasteiger partial charge in [-0.15, -0.1) is 0 Å². The molecule has 118 valence electrons. The van der Waals surface area contributed by atoms with E-state index in [1.54, 1.807) is 13.3 Å². The maximum absolute atomic E-state index is 5.74. The third-order valence-corrected chi connectivity index (χ3v) is 6.11. The Kier molecular flexibility index (Phi) is 8.37. The highest BCUT2D eigenvalue weighted by atomic mass is 28.4. The fraction of sp³-hybridized carbons (Fsp3) is 0.600. The fourth-order valence-corrected chi connectivity index (χ4v) is 4.33. The zero-order valence-corrected chi connectivity index (χ0v) is 14.5. The molecule has 1 heterocycles. The Hall–Kier alpha value is -1.08. The average molecular weight is 310 g/mol. The van der Waals surface area contributed by atoms with E-state index in [1.165, 1.54) is 0 Å². The van der Waals surface area contributed by atoms with Crippen molar-refractivity contribution >= 4 is 14.5 Å². The van der Waals surface area contributed by atoms with Crippen molar-refractivity contribution in [2.45, 2.75) is 33.2 Å².